The van der Waals surface area contributed by atoms with Crippen molar-refractivity contribution in [2.24, 2.45) is 0 Å². The van der Waals surface area contributed by atoms with E-state index >= 15 is 0 Å². The van der Waals surface area contributed by atoms with Gasteiger partial charge in [0.2, 0.25) is 0 Å². The van der Waals surface area contributed by atoms with Crippen molar-refractivity contribution in [3.05, 3.63) is 30.1 Å². The summed E-state index contributed by atoms with van der Waals surface area (Å²) < 4.78 is 27.8. The highest BCUT2D eigenvalue weighted by Crippen LogP contribution is 2.18. The maximum atomic E-state index is 12.0. The van der Waals surface area contributed by atoms with Crippen molar-refractivity contribution in [1.29, 1.82) is 0 Å². The first-order chi connectivity index (χ1) is 8.53. The molecule has 0 saturated carbocycles. The lowest BCUT2D eigenvalue weighted by atomic mass is 10.7. The molecule has 0 amide bonds. The van der Waals surface area contributed by atoms with Crippen molar-refractivity contribution in [3.8, 4) is 0 Å². The lowest BCUT2D eigenvalue weighted by Crippen LogP contribution is -2.15. The number of aryl methyl sites for hydroxylation is 1. The molecule has 18 heavy (non-hydrogen) atoms. The zero-order valence-corrected chi connectivity index (χ0v) is 11.0. The van der Waals surface area contributed by atoms with Gasteiger partial charge >= 0.3 is 0 Å². The Hall–Kier alpha value is -1.67. The Bertz CT molecular complexity index is 654. The van der Waals surface area contributed by atoms with Crippen LogP contribution in [-0.4, -0.2) is 27.9 Å². The van der Waals surface area contributed by atoms with Crippen LogP contribution in [0.2, 0.25) is 5.15 Å². The van der Waals surface area contributed by atoms with Crippen molar-refractivity contribution in [2.45, 2.75) is 18.5 Å². The van der Waals surface area contributed by atoms with Crippen molar-refractivity contribution in [1.82, 2.24) is 19.5 Å². The lowest BCUT2D eigenvalue weighted by Gasteiger charge is -2.05. The number of anilines is 1. The molecule has 9 heteroatoms. The van der Waals surface area contributed by atoms with E-state index in [1.54, 1.807) is 4.57 Å². The topological polar surface area (TPSA) is 89.8 Å². The van der Waals surface area contributed by atoms with E-state index in [0.29, 0.717) is 6.54 Å². The lowest BCUT2D eigenvalue weighted by molar-refractivity contribution is 0.597. The van der Waals surface area contributed by atoms with E-state index in [-0.39, 0.29) is 16.0 Å². The van der Waals surface area contributed by atoms with E-state index in [1.807, 2.05) is 6.92 Å². The highest BCUT2D eigenvalue weighted by molar-refractivity contribution is 7.92. The highest BCUT2D eigenvalue weighted by Gasteiger charge is 2.19. The predicted molar refractivity (Wildman–Crippen MR) is 65.8 cm³/mol. The van der Waals surface area contributed by atoms with Crippen LogP contribution in [0.3, 0.4) is 0 Å². The molecule has 96 valence electrons. The molecule has 0 fully saturated rings. The summed E-state index contributed by atoms with van der Waals surface area (Å²) in [4.78, 5) is 11.3. The Morgan fingerprint density at radius 3 is 2.67 bits per heavy atom. The second kappa shape index (κ2) is 4.91. The van der Waals surface area contributed by atoms with Crippen LogP contribution in [0.15, 0.2) is 29.9 Å². The van der Waals surface area contributed by atoms with E-state index < -0.39 is 10.0 Å². The van der Waals surface area contributed by atoms with Crippen LogP contribution in [0.25, 0.3) is 0 Å². The summed E-state index contributed by atoms with van der Waals surface area (Å²) >= 11 is 5.72. The summed E-state index contributed by atoms with van der Waals surface area (Å²) in [5, 5.41) is -0.109. The fourth-order valence-electron chi connectivity index (χ4n) is 1.22. The minimum absolute atomic E-state index is 0.0176. The summed E-state index contributed by atoms with van der Waals surface area (Å²) in [6.45, 7) is 2.51. The number of rotatable bonds is 4. The highest BCUT2D eigenvalue weighted by atomic mass is 35.5. The van der Waals surface area contributed by atoms with Gasteiger partial charge in [-0.2, -0.15) is 8.42 Å². The third-order valence-corrected chi connectivity index (χ3v) is 3.63. The zero-order valence-electron chi connectivity index (χ0n) is 9.41. The van der Waals surface area contributed by atoms with Gasteiger partial charge in [-0.3, -0.25) is 4.72 Å². The molecular weight excluding hydrogens is 278 g/mol. The van der Waals surface area contributed by atoms with Gasteiger partial charge in [-0.1, -0.05) is 11.6 Å². The molecule has 0 bridgehead atoms. The van der Waals surface area contributed by atoms with Gasteiger partial charge in [0.05, 0.1) is 6.33 Å². The minimum Gasteiger partial charge on any atom is -0.336 e. The molecule has 0 unspecified atom stereocenters. The van der Waals surface area contributed by atoms with Crippen molar-refractivity contribution in [3.63, 3.8) is 0 Å². The summed E-state index contributed by atoms with van der Waals surface area (Å²) in [5.41, 5.74) is 0. The molecule has 1 N–H and O–H groups in total. The number of aromatic nitrogens is 4. The second-order valence-corrected chi connectivity index (χ2v) is 5.33. The maximum absolute atomic E-state index is 12.0. The van der Waals surface area contributed by atoms with Crippen LogP contribution >= 0.6 is 11.6 Å². The monoisotopic (exact) mass is 287 g/mol. The maximum Gasteiger partial charge on any atom is 0.282 e. The molecule has 0 spiro atoms. The standard InChI is InChI=1S/C9H10ClN5O2S/c1-2-15-5-7(13-6-15)18(16,17)14-9-8(10)11-3-4-12-9/h3-6H,2H2,1H3,(H,12,14). The molecule has 0 aliphatic carbocycles. The Balaban J connectivity index is 2.30. The quantitative estimate of drug-likeness (QED) is 0.911. The molecule has 0 aromatic carbocycles. The molecule has 0 radical (unpaired) electrons. The first kappa shape index (κ1) is 12.8. The molecule has 7 nitrogen and oxygen atoms in total. The van der Waals surface area contributed by atoms with Gasteiger partial charge in [-0.05, 0) is 6.92 Å². The number of sulfonamides is 1. The van der Waals surface area contributed by atoms with Crippen molar-refractivity contribution in [2.75, 3.05) is 4.72 Å². The molecular formula is C9H10ClN5O2S. The van der Waals surface area contributed by atoms with E-state index in [2.05, 4.69) is 19.7 Å². The first-order valence-corrected chi connectivity index (χ1v) is 6.90. The smallest absolute Gasteiger partial charge is 0.282 e. The van der Waals surface area contributed by atoms with Crippen LogP contribution in [0.5, 0.6) is 0 Å². The van der Waals surface area contributed by atoms with Gasteiger partial charge in [-0.15, -0.1) is 0 Å². The van der Waals surface area contributed by atoms with Crippen LogP contribution in [-0.2, 0) is 16.6 Å². The average Bonchev–Trinajstić information content (AvgIpc) is 2.81. The van der Waals surface area contributed by atoms with E-state index in [0.717, 1.165) is 0 Å². The molecule has 0 atom stereocenters. The van der Waals surface area contributed by atoms with Crippen molar-refractivity contribution >= 4 is 27.4 Å². The van der Waals surface area contributed by atoms with E-state index in [4.69, 9.17) is 11.6 Å². The second-order valence-electron chi connectivity index (χ2n) is 3.34. The normalized spacial score (nSPS) is 11.4. The zero-order chi connectivity index (χ0) is 13.2. The minimum atomic E-state index is -3.79. The average molecular weight is 288 g/mol. The predicted octanol–water partition coefficient (Wildman–Crippen LogP) is 1.15. The van der Waals surface area contributed by atoms with Crippen LogP contribution in [0, 0.1) is 0 Å². The van der Waals surface area contributed by atoms with Gasteiger partial charge in [0.25, 0.3) is 10.0 Å². The van der Waals surface area contributed by atoms with Gasteiger partial charge in [0, 0.05) is 25.1 Å². The van der Waals surface area contributed by atoms with Gasteiger partial charge in [0.15, 0.2) is 16.0 Å². The van der Waals surface area contributed by atoms with Crippen LogP contribution in [0.4, 0.5) is 5.82 Å². The Morgan fingerprint density at radius 1 is 1.33 bits per heavy atom. The third kappa shape index (κ3) is 2.59. The fraction of sp³-hybridized carbons (Fsp3) is 0.222. The Labute approximate surface area is 109 Å². The van der Waals surface area contributed by atoms with Crippen LogP contribution < -0.4 is 4.72 Å². The first-order valence-electron chi connectivity index (χ1n) is 5.04. The molecule has 0 saturated heterocycles. The number of hydrogen-bond acceptors (Lipinski definition) is 5. The van der Waals surface area contributed by atoms with Gasteiger partial charge in [0.1, 0.15) is 0 Å². The van der Waals surface area contributed by atoms with Gasteiger partial charge < -0.3 is 4.57 Å². The summed E-state index contributed by atoms with van der Waals surface area (Å²) in [5.74, 6) is -0.0229. The summed E-state index contributed by atoms with van der Waals surface area (Å²) in [6.07, 6.45) is 5.57. The molecule has 0 aliphatic rings. The van der Waals surface area contributed by atoms with Gasteiger partial charge in [-0.25, -0.2) is 15.0 Å². The van der Waals surface area contributed by atoms with E-state index in [9.17, 15) is 8.42 Å². The summed E-state index contributed by atoms with van der Waals surface area (Å²) in [7, 11) is -3.79. The third-order valence-electron chi connectivity index (χ3n) is 2.13. The fourth-order valence-corrected chi connectivity index (χ4v) is 2.40. The molecule has 2 rings (SSSR count). The Kier molecular flexibility index (Phi) is 3.48. The molecule has 2 heterocycles. The Morgan fingerprint density at radius 2 is 2.06 bits per heavy atom. The molecule has 2 aromatic heterocycles. The SMILES string of the molecule is CCn1cnc(S(=O)(=O)Nc2nccnc2Cl)c1. The molecule has 2 aromatic rings. The number of imidazole rings is 1. The molecule has 0 aliphatic heterocycles. The van der Waals surface area contributed by atoms with Crippen LogP contribution in [0.1, 0.15) is 6.92 Å². The largest absolute Gasteiger partial charge is 0.336 e. The number of nitrogens with zero attached hydrogens (tertiary/aromatic N) is 4. The van der Waals surface area contributed by atoms with Crippen molar-refractivity contribution < 1.29 is 8.42 Å². The summed E-state index contributed by atoms with van der Waals surface area (Å²) in [6, 6.07) is 0. The number of halogens is 1. The number of hydrogen-bond donors (Lipinski definition) is 1. The number of nitrogens with one attached hydrogen (secondary N) is 1. The van der Waals surface area contributed by atoms with E-state index in [1.165, 1.54) is 24.9 Å².